The zero-order valence-electron chi connectivity index (χ0n) is 23.7. The van der Waals surface area contributed by atoms with Crippen molar-refractivity contribution in [1.82, 2.24) is 9.29 Å². The largest absolute Gasteiger partial charge is 0.444 e. The van der Waals surface area contributed by atoms with Crippen LogP contribution in [0.2, 0.25) is 0 Å². The van der Waals surface area contributed by atoms with E-state index in [4.69, 9.17) is 4.74 Å². The minimum Gasteiger partial charge on any atom is -0.444 e. The third-order valence-electron chi connectivity index (χ3n) is 6.73. The smallest absolute Gasteiger partial charge is 0.407 e. The molecule has 0 aliphatic heterocycles. The molecule has 1 amide bonds. The zero-order chi connectivity index (χ0) is 29.9. The van der Waals surface area contributed by atoms with Crippen LogP contribution >= 0.6 is 0 Å². The second-order valence-corrected chi connectivity index (χ2v) is 12.8. The summed E-state index contributed by atoms with van der Waals surface area (Å²) >= 11 is 0. The first-order chi connectivity index (χ1) is 20.0. The number of fused-ring (bicyclic) bond motifs is 1. The molecule has 0 saturated carbocycles. The van der Waals surface area contributed by atoms with E-state index in [9.17, 15) is 18.0 Å². The van der Waals surface area contributed by atoms with Gasteiger partial charge < -0.3 is 10.1 Å². The van der Waals surface area contributed by atoms with Crippen molar-refractivity contribution in [3.8, 4) is 11.1 Å². The fourth-order valence-corrected chi connectivity index (χ4v) is 6.15. The van der Waals surface area contributed by atoms with E-state index in [1.54, 1.807) is 87.6 Å². The van der Waals surface area contributed by atoms with Gasteiger partial charge >= 0.3 is 6.09 Å². The van der Waals surface area contributed by atoms with Crippen molar-refractivity contribution in [1.29, 1.82) is 0 Å². The highest BCUT2D eigenvalue weighted by molar-refractivity contribution is 7.90. The second kappa shape index (κ2) is 11.7. The van der Waals surface area contributed by atoms with Crippen LogP contribution in [-0.4, -0.2) is 36.4 Å². The van der Waals surface area contributed by atoms with E-state index in [1.807, 2.05) is 42.5 Å². The summed E-state index contributed by atoms with van der Waals surface area (Å²) in [4.78, 5) is 25.2. The number of rotatable bonds is 8. The lowest BCUT2D eigenvalue weighted by atomic mass is 9.98. The summed E-state index contributed by atoms with van der Waals surface area (Å²) in [6, 6.07) is 30.4. The number of aromatic nitrogens is 1. The number of hydrogen-bond acceptors (Lipinski definition) is 5. The molecule has 0 fully saturated rings. The quantitative estimate of drug-likeness (QED) is 0.203. The maximum absolute atomic E-state index is 13.6. The zero-order valence-corrected chi connectivity index (χ0v) is 24.5. The first-order valence-corrected chi connectivity index (χ1v) is 15.1. The van der Waals surface area contributed by atoms with Gasteiger partial charge in [-0.05, 0) is 68.1 Å². The van der Waals surface area contributed by atoms with Crippen LogP contribution in [-0.2, 0) is 21.2 Å². The van der Waals surface area contributed by atoms with Gasteiger partial charge in [-0.25, -0.2) is 17.2 Å². The highest BCUT2D eigenvalue weighted by Crippen LogP contribution is 2.31. The molecule has 214 valence electrons. The van der Waals surface area contributed by atoms with Gasteiger partial charge in [0.05, 0.1) is 10.4 Å². The molecule has 0 aliphatic carbocycles. The minimum atomic E-state index is -3.86. The number of carbonyl (C=O) groups is 2. The van der Waals surface area contributed by atoms with Crippen LogP contribution in [0.3, 0.4) is 0 Å². The molecule has 0 radical (unpaired) electrons. The Morgan fingerprint density at radius 2 is 1.38 bits per heavy atom. The molecule has 7 nitrogen and oxygen atoms in total. The van der Waals surface area contributed by atoms with Crippen molar-refractivity contribution in [2.24, 2.45) is 0 Å². The number of ketones is 1. The Bertz CT molecular complexity index is 1840. The van der Waals surface area contributed by atoms with Gasteiger partial charge in [0, 0.05) is 29.3 Å². The first kappa shape index (κ1) is 28.8. The standard InChI is InChI=1S/C34H32N2O5S/c1-34(2,3)41-33(38)35-21-20-28-23-36(42(39,40)29-12-8-5-9-13-29)31-19-18-27(22-30(28)31)24-14-16-26(17-15-24)32(37)25-10-6-4-7-11-25/h4-19,22-23H,20-21H2,1-3H3,(H,35,38). The van der Waals surface area contributed by atoms with Crippen LogP contribution in [0, 0.1) is 0 Å². The number of alkyl carbamates (subject to hydrolysis) is 1. The number of nitrogens with zero attached hydrogens (tertiary/aromatic N) is 1. The van der Waals surface area contributed by atoms with Crippen molar-refractivity contribution in [2.75, 3.05) is 6.54 Å². The average molecular weight is 581 g/mol. The summed E-state index contributed by atoms with van der Waals surface area (Å²) in [5, 5.41) is 3.51. The lowest BCUT2D eigenvalue weighted by molar-refractivity contribution is 0.0528. The van der Waals surface area contributed by atoms with Crippen molar-refractivity contribution in [3.05, 3.63) is 126 Å². The third kappa shape index (κ3) is 6.29. The molecule has 0 atom stereocenters. The summed E-state index contributed by atoms with van der Waals surface area (Å²) in [5.74, 6) is -0.0550. The van der Waals surface area contributed by atoms with E-state index >= 15 is 0 Å². The van der Waals surface area contributed by atoms with Gasteiger partial charge in [0.15, 0.2) is 5.78 Å². The average Bonchev–Trinajstić information content (AvgIpc) is 3.35. The van der Waals surface area contributed by atoms with Crippen molar-refractivity contribution in [3.63, 3.8) is 0 Å². The fourth-order valence-electron chi connectivity index (χ4n) is 4.73. The maximum Gasteiger partial charge on any atom is 0.407 e. The van der Waals surface area contributed by atoms with Crippen LogP contribution < -0.4 is 5.32 Å². The molecule has 0 spiro atoms. The molecule has 5 rings (SSSR count). The summed E-state index contributed by atoms with van der Waals surface area (Å²) in [6.45, 7) is 5.64. The van der Waals surface area contributed by atoms with Crippen LogP contribution in [0.4, 0.5) is 4.79 Å². The molecule has 1 aromatic heterocycles. The molecule has 1 N–H and O–H groups in total. The lowest BCUT2D eigenvalue weighted by Gasteiger charge is -2.19. The summed E-state index contributed by atoms with van der Waals surface area (Å²) in [6.07, 6.45) is 1.48. The predicted octanol–water partition coefficient (Wildman–Crippen LogP) is 6.84. The molecular formula is C34H32N2O5S. The summed E-state index contributed by atoms with van der Waals surface area (Å²) < 4.78 is 33.9. The van der Waals surface area contributed by atoms with Crippen LogP contribution in [0.15, 0.2) is 114 Å². The Labute approximate surface area is 245 Å². The van der Waals surface area contributed by atoms with Crippen LogP contribution in [0.25, 0.3) is 22.0 Å². The molecule has 1 heterocycles. The molecule has 4 aromatic carbocycles. The molecule has 0 bridgehead atoms. The van der Waals surface area contributed by atoms with Crippen molar-refractivity contribution < 1.29 is 22.7 Å². The molecule has 42 heavy (non-hydrogen) atoms. The summed E-state index contributed by atoms with van der Waals surface area (Å²) in [7, 11) is -3.86. The predicted molar refractivity (Wildman–Crippen MR) is 164 cm³/mol. The fraction of sp³-hybridized carbons (Fsp3) is 0.176. The van der Waals surface area contributed by atoms with E-state index < -0.39 is 21.7 Å². The topological polar surface area (TPSA) is 94.5 Å². The Kier molecular flexibility index (Phi) is 8.00. The molecule has 0 saturated heterocycles. The van der Waals surface area contributed by atoms with E-state index in [2.05, 4.69) is 5.32 Å². The molecule has 5 aromatic rings. The Morgan fingerprint density at radius 1 is 0.786 bits per heavy atom. The Morgan fingerprint density at radius 3 is 2.02 bits per heavy atom. The number of ether oxygens (including phenoxy) is 1. The second-order valence-electron chi connectivity index (χ2n) is 11.0. The number of amides is 1. The van der Waals surface area contributed by atoms with Crippen molar-refractivity contribution >= 4 is 32.8 Å². The van der Waals surface area contributed by atoms with E-state index in [-0.39, 0.29) is 17.2 Å². The van der Waals surface area contributed by atoms with Gasteiger partial charge in [-0.3, -0.25) is 4.79 Å². The van der Waals surface area contributed by atoms with E-state index in [1.165, 1.54) is 3.97 Å². The van der Waals surface area contributed by atoms with Gasteiger partial charge in [0.2, 0.25) is 0 Å². The Balaban J connectivity index is 1.49. The Hall–Kier alpha value is -4.69. The highest BCUT2D eigenvalue weighted by Gasteiger charge is 2.22. The lowest BCUT2D eigenvalue weighted by Crippen LogP contribution is -2.33. The number of benzene rings is 4. The van der Waals surface area contributed by atoms with E-state index in [0.29, 0.717) is 23.1 Å². The summed E-state index contributed by atoms with van der Waals surface area (Å²) in [5.41, 5.74) is 3.64. The molecular weight excluding hydrogens is 548 g/mol. The maximum atomic E-state index is 13.6. The molecule has 0 aliphatic rings. The van der Waals surface area contributed by atoms with Gasteiger partial charge in [-0.15, -0.1) is 0 Å². The van der Waals surface area contributed by atoms with E-state index in [0.717, 1.165) is 22.1 Å². The minimum absolute atomic E-state index is 0.0550. The van der Waals surface area contributed by atoms with Crippen LogP contribution in [0.5, 0.6) is 0 Å². The monoisotopic (exact) mass is 580 g/mol. The first-order valence-electron chi connectivity index (χ1n) is 13.6. The number of carbonyl (C=O) groups excluding carboxylic acids is 2. The molecule has 0 unspecified atom stereocenters. The van der Waals surface area contributed by atoms with Gasteiger partial charge in [-0.2, -0.15) is 0 Å². The molecule has 8 heteroatoms. The number of hydrogen-bond donors (Lipinski definition) is 1. The SMILES string of the molecule is CC(C)(C)OC(=O)NCCc1cn(S(=O)(=O)c2ccccc2)c2ccc(-c3ccc(C(=O)c4ccccc4)cc3)cc12. The van der Waals surface area contributed by atoms with Crippen molar-refractivity contribution in [2.45, 2.75) is 37.7 Å². The van der Waals surface area contributed by atoms with Gasteiger partial charge in [0.1, 0.15) is 5.60 Å². The third-order valence-corrected chi connectivity index (χ3v) is 8.42. The normalized spacial score (nSPS) is 11.8. The number of nitrogens with one attached hydrogen (secondary N) is 1. The van der Waals surface area contributed by atoms with Gasteiger partial charge in [-0.1, -0.05) is 78.9 Å². The van der Waals surface area contributed by atoms with Gasteiger partial charge in [0.25, 0.3) is 10.0 Å². The highest BCUT2D eigenvalue weighted by atomic mass is 32.2. The van der Waals surface area contributed by atoms with Crippen LogP contribution in [0.1, 0.15) is 42.3 Å².